The average molecular weight is 393 g/mol. The van der Waals surface area contributed by atoms with Crippen molar-refractivity contribution >= 4 is 31.9 Å². The van der Waals surface area contributed by atoms with Gasteiger partial charge in [-0.1, -0.05) is 13.8 Å². The minimum absolute atomic E-state index is 0.0407. The van der Waals surface area contributed by atoms with Gasteiger partial charge in [0, 0.05) is 18.0 Å². The normalized spacial score (nSPS) is 24.9. The molecule has 2 unspecified atom stereocenters. The van der Waals surface area contributed by atoms with Crippen LogP contribution in [0.3, 0.4) is 0 Å². The van der Waals surface area contributed by atoms with Crippen molar-refractivity contribution in [3.8, 4) is 5.75 Å². The topological polar surface area (TPSA) is 41.5 Å². The molecule has 0 aromatic heterocycles. The Kier molecular flexibility index (Phi) is 4.60. The Morgan fingerprint density at radius 1 is 1.37 bits per heavy atom. The van der Waals surface area contributed by atoms with Gasteiger partial charge in [-0.15, -0.1) is 0 Å². The van der Waals surface area contributed by atoms with Gasteiger partial charge in [-0.05, 0) is 56.0 Å². The Morgan fingerprint density at radius 3 is 2.37 bits per heavy atom. The number of hydrogen-bond acceptors (Lipinski definition) is 3. The molecule has 2 atom stereocenters. The summed E-state index contributed by atoms with van der Waals surface area (Å²) < 4.78 is 7.17. The predicted molar refractivity (Wildman–Crippen MR) is 83.4 cm³/mol. The largest absolute Gasteiger partial charge is 0.494 e. The third-order valence-electron chi connectivity index (χ3n) is 4.03. The third-order valence-corrected chi connectivity index (χ3v) is 5.21. The van der Waals surface area contributed by atoms with Gasteiger partial charge in [0.1, 0.15) is 5.75 Å². The fourth-order valence-electron chi connectivity index (χ4n) is 2.40. The minimum Gasteiger partial charge on any atom is -0.494 e. The number of rotatable bonds is 4. The number of methoxy groups -OCH3 is 1. The monoisotopic (exact) mass is 391 g/mol. The van der Waals surface area contributed by atoms with Crippen molar-refractivity contribution in [1.82, 2.24) is 5.32 Å². The summed E-state index contributed by atoms with van der Waals surface area (Å²) in [5.41, 5.74) is 1.14. The summed E-state index contributed by atoms with van der Waals surface area (Å²) in [5.74, 6) is 0.808. The molecule has 0 saturated heterocycles. The van der Waals surface area contributed by atoms with Crippen LogP contribution < -0.4 is 10.1 Å². The molecule has 2 rings (SSSR count). The maximum Gasteiger partial charge on any atom is 0.147 e. The van der Waals surface area contributed by atoms with E-state index >= 15 is 0 Å². The molecule has 0 heterocycles. The Balaban J connectivity index is 2.01. The Hall–Kier alpha value is -0.100. The van der Waals surface area contributed by atoms with Crippen LogP contribution in [0.15, 0.2) is 21.1 Å². The van der Waals surface area contributed by atoms with Crippen molar-refractivity contribution in [3.63, 3.8) is 0 Å². The Labute approximate surface area is 131 Å². The highest BCUT2D eigenvalue weighted by molar-refractivity contribution is 9.11. The van der Waals surface area contributed by atoms with Gasteiger partial charge in [-0.25, -0.2) is 0 Å². The molecule has 2 N–H and O–H groups in total. The first-order chi connectivity index (χ1) is 8.86. The first-order valence-corrected chi connectivity index (χ1v) is 7.88. The number of aliphatic hydroxyl groups is 1. The second-order valence-electron chi connectivity index (χ2n) is 5.60. The highest BCUT2D eigenvalue weighted by Gasteiger charge is 2.46. The van der Waals surface area contributed by atoms with Crippen molar-refractivity contribution < 1.29 is 9.84 Å². The van der Waals surface area contributed by atoms with Crippen molar-refractivity contribution in [2.75, 3.05) is 7.11 Å². The lowest BCUT2D eigenvalue weighted by Crippen LogP contribution is -2.59. The van der Waals surface area contributed by atoms with Crippen LogP contribution in [0.2, 0.25) is 0 Å². The number of halogens is 2. The first-order valence-electron chi connectivity index (χ1n) is 6.29. The summed E-state index contributed by atoms with van der Waals surface area (Å²) in [6.07, 6.45) is 0.630. The number of nitrogens with one attached hydrogen (secondary N) is 1. The number of aliphatic hydroxyl groups excluding tert-OH is 1. The van der Waals surface area contributed by atoms with Gasteiger partial charge < -0.3 is 15.2 Å². The molecule has 0 spiro atoms. The summed E-state index contributed by atoms with van der Waals surface area (Å²) in [6, 6.07) is 4.47. The molecule has 0 bridgehead atoms. The third kappa shape index (κ3) is 2.99. The fraction of sp³-hybridized carbons (Fsp3) is 0.571. The standard InChI is InChI=1S/C14H19Br2NO2/c1-14(2)11(6-12(14)18)17-7-8-4-9(15)13(19-3)10(16)5-8/h4-5,11-12,17-18H,6-7H2,1-3H3. The van der Waals surface area contributed by atoms with Gasteiger partial charge in [-0.2, -0.15) is 0 Å². The lowest BCUT2D eigenvalue weighted by molar-refractivity contribution is -0.0729. The van der Waals surface area contributed by atoms with Crippen molar-refractivity contribution in [3.05, 3.63) is 26.6 Å². The Bertz CT molecular complexity index is 454. The highest BCUT2D eigenvalue weighted by atomic mass is 79.9. The molecule has 1 fully saturated rings. The second kappa shape index (κ2) is 5.72. The van der Waals surface area contributed by atoms with Gasteiger partial charge in [0.15, 0.2) is 0 Å². The smallest absolute Gasteiger partial charge is 0.147 e. The molecule has 0 aliphatic heterocycles. The van der Waals surface area contributed by atoms with E-state index in [1.165, 1.54) is 5.56 Å². The van der Waals surface area contributed by atoms with Crippen LogP contribution in [0.5, 0.6) is 5.75 Å². The molecule has 0 amide bonds. The predicted octanol–water partition coefficient (Wildman–Crippen LogP) is 3.47. The quantitative estimate of drug-likeness (QED) is 0.824. The van der Waals surface area contributed by atoms with Crippen LogP contribution in [0.4, 0.5) is 0 Å². The van der Waals surface area contributed by atoms with E-state index in [0.717, 1.165) is 27.7 Å². The van der Waals surface area contributed by atoms with E-state index < -0.39 is 0 Å². The molecular weight excluding hydrogens is 374 g/mol. The number of hydrogen-bond donors (Lipinski definition) is 2. The van der Waals surface area contributed by atoms with Crippen LogP contribution in [0, 0.1) is 5.41 Å². The van der Waals surface area contributed by atoms with E-state index in [2.05, 4.69) is 63.2 Å². The van der Waals surface area contributed by atoms with E-state index in [1.54, 1.807) is 7.11 Å². The van der Waals surface area contributed by atoms with E-state index in [1.807, 2.05) is 0 Å². The van der Waals surface area contributed by atoms with E-state index in [9.17, 15) is 5.11 Å². The zero-order valence-electron chi connectivity index (χ0n) is 11.3. The maximum atomic E-state index is 9.73. The van der Waals surface area contributed by atoms with Crippen LogP contribution in [0.1, 0.15) is 25.8 Å². The molecule has 3 nitrogen and oxygen atoms in total. The number of benzene rings is 1. The average Bonchev–Trinajstić information content (AvgIpc) is 2.34. The number of ether oxygens (including phenoxy) is 1. The van der Waals surface area contributed by atoms with Gasteiger partial charge in [-0.3, -0.25) is 0 Å². The van der Waals surface area contributed by atoms with E-state index in [-0.39, 0.29) is 11.5 Å². The van der Waals surface area contributed by atoms with Gasteiger partial charge in [0.05, 0.1) is 22.2 Å². The Morgan fingerprint density at radius 2 is 1.95 bits per heavy atom. The molecule has 1 aliphatic carbocycles. The van der Waals surface area contributed by atoms with Crippen molar-refractivity contribution in [2.45, 2.75) is 39.0 Å². The summed E-state index contributed by atoms with van der Waals surface area (Å²) in [5, 5.41) is 13.2. The molecule has 0 radical (unpaired) electrons. The maximum absolute atomic E-state index is 9.73. The molecule has 106 valence electrons. The molecule has 5 heteroatoms. The summed E-state index contributed by atoms with van der Waals surface area (Å²) in [6.45, 7) is 4.97. The van der Waals surface area contributed by atoms with Crippen LogP contribution in [-0.4, -0.2) is 24.4 Å². The molecule has 1 saturated carbocycles. The summed E-state index contributed by atoms with van der Waals surface area (Å²) >= 11 is 7.01. The molecule has 1 aromatic rings. The van der Waals surface area contributed by atoms with E-state index in [0.29, 0.717) is 6.04 Å². The van der Waals surface area contributed by atoms with Crippen LogP contribution >= 0.6 is 31.9 Å². The highest BCUT2D eigenvalue weighted by Crippen LogP contribution is 2.41. The lowest BCUT2D eigenvalue weighted by atomic mass is 9.64. The SMILES string of the molecule is COc1c(Br)cc(CNC2CC(O)C2(C)C)cc1Br. The second-order valence-corrected chi connectivity index (χ2v) is 7.31. The van der Waals surface area contributed by atoms with Crippen molar-refractivity contribution in [2.24, 2.45) is 5.41 Å². The van der Waals surface area contributed by atoms with E-state index in [4.69, 9.17) is 4.74 Å². The lowest BCUT2D eigenvalue weighted by Gasteiger charge is -2.49. The van der Waals surface area contributed by atoms with Crippen molar-refractivity contribution in [1.29, 1.82) is 0 Å². The van der Waals surface area contributed by atoms with Gasteiger partial charge in [0.2, 0.25) is 0 Å². The molecule has 1 aliphatic rings. The van der Waals surface area contributed by atoms with Gasteiger partial charge >= 0.3 is 0 Å². The first kappa shape index (κ1) is 15.3. The minimum atomic E-state index is -0.195. The molecule has 1 aromatic carbocycles. The fourth-order valence-corrected chi connectivity index (χ4v) is 4.00. The van der Waals surface area contributed by atoms with Crippen LogP contribution in [0.25, 0.3) is 0 Å². The molecule has 19 heavy (non-hydrogen) atoms. The van der Waals surface area contributed by atoms with Crippen LogP contribution in [-0.2, 0) is 6.54 Å². The van der Waals surface area contributed by atoms with Gasteiger partial charge in [0.25, 0.3) is 0 Å². The zero-order chi connectivity index (χ0) is 14.2. The zero-order valence-corrected chi connectivity index (χ0v) is 14.5. The summed E-state index contributed by atoms with van der Waals surface area (Å²) in [4.78, 5) is 0. The molecular formula is C14H19Br2NO2. The summed E-state index contributed by atoms with van der Waals surface area (Å²) in [7, 11) is 1.65.